The van der Waals surface area contributed by atoms with Crippen molar-refractivity contribution in [1.29, 1.82) is 0 Å². The van der Waals surface area contributed by atoms with Gasteiger partial charge in [-0.3, -0.25) is 4.79 Å². The Morgan fingerprint density at radius 2 is 1.94 bits per heavy atom. The molecule has 0 heterocycles. The zero-order chi connectivity index (χ0) is 13.2. The second-order valence-electron chi connectivity index (χ2n) is 4.53. The molecule has 0 bridgehead atoms. The van der Waals surface area contributed by atoms with Crippen LogP contribution in [0.3, 0.4) is 0 Å². The Balaban J connectivity index is 2.92. The number of rotatable bonds is 3. The minimum absolute atomic E-state index is 0.0908. The summed E-state index contributed by atoms with van der Waals surface area (Å²) in [5, 5.41) is 0. The summed E-state index contributed by atoms with van der Waals surface area (Å²) < 4.78 is 13.4. The van der Waals surface area contributed by atoms with Crippen LogP contribution in [-0.2, 0) is 0 Å². The highest BCUT2D eigenvalue weighted by atomic mass is 79.9. The molecule has 0 spiro atoms. The van der Waals surface area contributed by atoms with E-state index in [0.717, 1.165) is 0 Å². The van der Waals surface area contributed by atoms with E-state index >= 15 is 0 Å². The molecule has 1 unspecified atom stereocenters. The fourth-order valence-corrected chi connectivity index (χ4v) is 1.84. The number of carbonyl (C=O) groups is 1. The molecular formula is C13H17BrFNO. The Bertz CT molecular complexity index is 420. The quantitative estimate of drug-likeness (QED) is 0.833. The molecule has 0 fully saturated rings. The molecule has 4 heteroatoms. The molecule has 94 valence electrons. The SMILES string of the molecule is CC(C)C(C)N(C)C(=O)c1ccc(F)c(Br)c1. The lowest BCUT2D eigenvalue weighted by atomic mass is 10.0. The van der Waals surface area contributed by atoms with Crippen molar-refractivity contribution in [3.8, 4) is 0 Å². The van der Waals surface area contributed by atoms with Crippen LogP contribution in [0, 0.1) is 11.7 Å². The number of hydrogen-bond donors (Lipinski definition) is 0. The topological polar surface area (TPSA) is 20.3 Å². The van der Waals surface area contributed by atoms with Gasteiger partial charge in [0, 0.05) is 18.7 Å². The van der Waals surface area contributed by atoms with E-state index in [1.54, 1.807) is 11.9 Å². The minimum atomic E-state index is -0.360. The summed E-state index contributed by atoms with van der Waals surface area (Å²) in [6.45, 7) is 6.13. The Kier molecular flexibility index (Phi) is 4.69. The first-order chi connectivity index (χ1) is 7.84. The number of carbonyl (C=O) groups excluding carboxylic acids is 1. The van der Waals surface area contributed by atoms with Crippen LogP contribution in [0.25, 0.3) is 0 Å². The van der Waals surface area contributed by atoms with Crippen molar-refractivity contribution in [2.75, 3.05) is 7.05 Å². The first kappa shape index (κ1) is 14.2. The summed E-state index contributed by atoms with van der Waals surface area (Å²) in [4.78, 5) is 13.8. The van der Waals surface area contributed by atoms with Crippen LogP contribution in [0.15, 0.2) is 22.7 Å². The number of amides is 1. The molecule has 0 aliphatic heterocycles. The summed E-state index contributed by atoms with van der Waals surface area (Å²) >= 11 is 3.08. The number of halogens is 2. The van der Waals surface area contributed by atoms with Gasteiger partial charge < -0.3 is 4.90 Å². The molecule has 0 aromatic heterocycles. The standard InChI is InChI=1S/C13H17BrFNO/c1-8(2)9(3)16(4)13(17)10-5-6-12(15)11(14)7-10/h5-9H,1-4H3. The van der Waals surface area contributed by atoms with Gasteiger partial charge in [0.1, 0.15) is 5.82 Å². The van der Waals surface area contributed by atoms with E-state index in [1.807, 2.05) is 6.92 Å². The van der Waals surface area contributed by atoms with Crippen LogP contribution < -0.4 is 0 Å². The average Bonchev–Trinajstić information content (AvgIpc) is 2.29. The molecular weight excluding hydrogens is 285 g/mol. The summed E-state index contributed by atoms with van der Waals surface area (Å²) in [6.07, 6.45) is 0. The summed E-state index contributed by atoms with van der Waals surface area (Å²) in [5.41, 5.74) is 0.494. The molecule has 0 saturated heterocycles. The van der Waals surface area contributed by atoms with Crippen LogP contribution in [0.4, 0.5) is 4.39 Å². The van der Waals surface area contributed by atoms with Crippen molar-refractivity contribution in [3.05, 3.63) is 34.1 Å². The zero-order valence-electron chi connectivity index (χ0n) is 10.5. The third-order valence-corrected chi connectivity index (χ3v) is 3.67. The highest BCUT2D eigenvalue weighted by Gasteiger charge is 2.20. The Morgan fingerprint density at radius 1 is 1.35 bits per heavy atom. The molecule has 1 aromatic carbocycles. The molecule has 1 aromatic rings. The van der Waals surface area contributed by atoms with Gasteiger partial charge in [-0.1, -0.05) is 13.8 Å². The number of benzene rings is 1. The third kappa shape index (κ3) is 3.28. The molecule has 1 rings (SSSR count). The molecule has 0 aliphatic carbocycles. The lowest BCUT2D eigenvalue weighted by molar-refractivity contribution is 0.0707. The van der Waals surface area contributed by atoms with Crippen molar-refractivity contribution in [2.24, 2.45) is 5.92 Å². The van der Waals surface area contributed by atoms with Crippen LogP contribution >= 0.6 is 15.9 Å². The predicted molar refractivity (Wildman–Crippen MR) is 70.5 cm³/mol. The molecule has 1 atom stereocenters. The van der Waals surface area contributed by atoms with Gasteiger partial charge in [-0.25, -0.2) is 4.39 Å². The van der Waals surface area contributed by atoms with Gasteiger partial charge in [0.25, 0.3) is 5.91 Å². The fraction of sp³-hybridized carbons (Fsp3) is 0.462. The zero-order valence-corrected chi connectivity index (χ0v) is 12.1. The van der Waals surface area contributed by atoms with Crippen LogP contribution in [0.1, 0.15) is 31.1 Å². The highest BCUT2D eigenvalue weighted by molar-refractivity contribution is 9.10. The van der Waals surface area contributed by atoms with E-state index in [1.165, 1.54) is 18.2 Å². The Morgan fingerprint density at radius 3 is 2.41 bits per heavy atom. The monoisotopic (exact) mass is 301 g/mol. The second-order valence-corrected chi connectivity index (χ2v) is 5.38. The van der Waals surface area contributed by atoms with Crippen molar-refractivity contribution in [1.82, 2.24) is 4.90 Å². The maximum atomic E-state index is 13.1. The van der Waals surface area contributed by atoms with Gasteiger partial charge in [-0.2, -0.15) is 0 Å². The third-order valence-electron chi connectivity index (χ3n) is 3.06. The summed E-state index contributed by atoms with van der Waals surface area (Å²) in [6, 6.07) is 4.46. The Hall–Kier alpha value is -0.900. The van der Waals surface area contributed by atoms with Crippen molar-refractivity contribution >= 4 is 21.8 Å². The Labute approximate surface area is 110 Å². The van der Waals surface area contributed by atoms with Gasteiger partial charge in [0.2, 0.25) is 0 Å². The lowest BCUT2D eigenvalue weighted by Gasteiger charge is -2.28. The molecule has 17 heavy (non-hydrogen) atoms. The van der Waals surface area contributed by atoms with Crippen molar-refractivity contribution in [3.63, 3.8) is 0 Å². The maximum absolute atomic E-state index is 13.1. The second kappa shape index (κ2) is 5.63. The minimum Gasteiger partial charge on any atom is -0.339 e. The summed E-state index contributed by atoms with van der Waals surface area (Å²) in [5.74, 6) is -0.0687. The maximum Gasteiger partial charge on any atom is 0.253 e. The molecule has 0 radical (unpaired) electrons. The van der Waals surface area contributed by atoms with Gasteiger partial charge >= 0.3 is 0 Å². The largest absolute Gasteiger partial charge is 0.339 e. The van der Waals surface area contributed by atoms with E-state index < -0.39 is 0 Å². The average molecular weight is 302 g/mol. The van der Waals surface area contributed by atoms with Crippen LogP contribution in [0.5, 0.6) is 0 Å². The van der Waals surface area contributed by atoms with Crippen LogP contribution in [0.2, 0.25) is 0 Å². The fourth-order valence-electron chi connectivity index (χ4n) is 1.46. The normalized spacial score (nSPS) is 12.6. The molecule has 2 nitrogen and oxygen atoms in total. The highest BCUT2D eigenvalue weighted by Crippen LogP contribution is 2.19. The van der Waals surface area contributed by atoms with Gasteiger partial charge in [-0.05, 0) is 47.0 Å². The van der Waals surface area contributed by atoms with E-state index in [-0.39, 0.29) is 17.8 Å². The smallest absolute Gasteiger partial charge is 0.253 e. The van der Waals surface area contributed by atoms with E-state index in [2.05, 4.69) is 29.8 Å². The van der Waals surface area contributed by atoms with Crippen molar-refractivity contribution < 1.29 is 9.18 Å². The molecule has 1 amide bonds. The molecule has 0 N–H and O–H groups in total. The number of nitrogens with zero attached hydrogens (tertiary/aromatic N) is 1. The molecule has 0 saturated carbocycles. The molecule has 0 aliphatic rings. The van der Waals surface area contributed by atoms with Crippen LogP contribution in [-0.4, -0.2) is 23.9 Å². The van der Waals surface area contributed by atoms with E-state index in [4.69, 9.17) is 0 Å². The number of hydrogen-bond acceptors (Lipinski definition) is 1. The van der Waals surface area contributed by atoms with Gasteiger partial charge in [-0.15, -0.1) is 0 Å². The first-order valence-corrected chi connectivity index (χ1v) is 6.36. The van der Waals surface area contributed by atoms with Crippen molar-refractivity contribution in [2.45, 2.75) is 26.8 Å². The lowest BCUT2D eigenvalue weighted by Crippen LogP contribution is -2.38. The van der Waals surface area contributed by atoms with Gasteiger partial charge in [0.15, 0.2) is 0 Å². The van der Waals surface area contributed by atoms with E-state index in [0.29, 0.717) is 16.0 Å². The van der Waals surface area contributed by atoms with Gasteiger partial charge in [0.05, 0.1) is 4.47 Å². The predicted octanol–water partition coefficient (Wildman–Crippen LogP) is 3.70. The van der Waals surface area contributed by atoms with E-state index in [9.17, 15) is 9.18 Å². The summed E-state index contributed by atoms with van der Waals surface area (Å²) in [7, 11) is 1.77. The first-order valence-electron chi connectivity index (χ1n) is 5.56.